The summed E-state index contributed by atoms with van der Waals surface area (Å²) < 4.78 is -0.895. The van der Waals surface area contributed by atoms with Crippen LogP contribution < -0.4 is 5.48 Å². The third-order valence-electron chi connectivity index (χ3n) is 4.90. The van der Waals surface area contributed by atoms with Gasteiger partial charge in [0.25, 0.3) is 0 Å². The maximum absolute atomic E-state index is 12.2. The minimum atomic E-state index is -1.39. The summed E-state index contributed by atoms with van der Waals surface area (Å²) in [7, 11) is 0. The van der Waals surface area contributed by atoms with E-state index in [0.717, 1.165) is 28.5 Å². The number of aliphatic carboxylic acids is 1. The molecule has 3 aromatic rings. The van der Waals surface area contributed by atoms with Crippen molar-refractivity contribution in [2.75, 3.05) is 0 Å². The van der Waals surface area contributed by atoms with Gasteiger partial charge in [-0.15, -0.1) is 0 Å². The van der Waals surface area contributed by atoms with Crippen molar-refractivity contribution in [1.82, 2.24) is 5.48 Å². The molecule has 33 heavy (non-hydrogen) atoms. The van der Waals surface area contributed by atoms with Crippen LogP contribution in [0.2, 0.25) is 0 Å². The van der Waals surface area contributed by atoms with Crippen molar-refractivity contribution < 1.29 is 19.5 Å². The average molecular weight is 462 g/mol. The van der Waals surface area contributed by atoms with Crippen LogP contribution in [0.4, 0.5) is 0 Å². The van der Waals surface area contributed by atoms with Gasteiger partial charge in [0.2, 0.25) is 0 Å². The molecule has 2 N–H and O–H groups in total. The second-order valence-electron chi connectivity index (χ2n) is 8.45. The second kappa shape index (κ2) is 10.6. The number of carboxylic acid groups (broad SMARTS) is 1. The van der Waals surface area contributed by atoms with Crippen LogP contribution in [-0.2, 0) is 19.2 Å². The van der Waals surface area contributed by atoms with Gasteiger partial charge in [-0.25, -0.2) is 4.79 Å². The van der Waals surface area contributed by atoms with E-state index in [9.17, 15) is 14.7 Å². The summed E-state index contributed by atoms with van der Waals surface area (Å²) in [5.41, 5.74) is 4.63. The van der Waals surface area contributed by atoms with E-state index in [1.165, 1.54) is 0 Å². The van der Waals surface area contributed by atoms with Crippen molar-refractivity contribution in [1.29, 1.82) is 0 Å². The number of carbonyl (C=O) groups excluding carboxylic acids is 1. The van der Waals surface area contributed by atoms with Crippen molar-refractivity contribution in [3.05, 3.63) is 113 Å². The first-order chi connectivity index (χ1) is 15.8. The molecule has 0 amide bonds. The van der Waals surface area contributed by atoms with Crippen LogP contribution in [0.3, 0.4) is 0 Å². The van der Waals surface area contributed by atoms with Crippen LogP contribution in [0.1, 0.15) is 37.5 Å². The van der Waals surface area contributed by atoms with Gasteiger partial charge in [-0.05, 0) is 37.5 Å². The van der Waals surface area contributed by atoms with Crippen molar-refractivity contribution in [2.24, 2.45) is 0 Å². The first-order valence-electron chi connectivity index (χ1n) is 10.5. The molecule has 0 bridgehead atoms. The fraction of sp³-hybridized carbons (Fsp3) is 0.222. The Bertz CT molecular complexity index is 1010. The number of hydrogen-bond donors (Lipinski definition) is 2. The highest BCUT2D eigenvalue weighted by Gasteiger charge is 2.41. The van der Waals surface area contributed by atoms with E-state index >= 15 is 0 Å². The number of hydrogen-bond acceptors (Lipinski definition) is 5. The molecule has 170 valence electrons. The lowest BCUT2D eigenvalue weighted by Crippen LogP contribution is -2.43. The lowest BCUT2D eigenvalue weighted by atomic mass is 9.84. The molecule has 0 spiro atoms. The number of hydroxylamine groups is 1. The van der Waals surface area contributed by atoms with Crippen LogP contribution >= 0.6 is 11.8 Å². The molecule has 0 aliphatic heterocycles. The van der Waals surface area contributed by atoms with Crippen LogP contribution in [0.5, 0.6) is 0 Å². The molecule has 0 radical (unpaired) electrons. The Morgan fingerprint density at radius 1 is 0.848 bits per heavy atom. The highest BCUT2D eigenvalue weighted by molar-refractivity contribution is 8.04. The Hall–Kier alpha value is -3.15. The molecule has 0 aliphatic carbocycles. The number of nitrogens with one attached hydrogen (secondary N) is 1. The zero-order valence-electron chi connectivity index (χ0n) is 18.8. The fourth-order valence-electron chi connectivity index (χ4n) is 3.45. The molecule has 6 heteroatoms. The Labute approximate surface area is 198 Å². The number of carbonyl (C=O) groups is 1. The van der Waals surface area contributed by atoms with Gasteiger partial charge in [0.05, 0.1) is 10.3 Å². The van der Waals surface area contributed by atoms with Gasteiger partial charge >= 0.3 is 5.97 Å². The Balaban J connectivity index is 2.21. The molecular weight excluding hydrogens is 434 g/mol. The zero-order chi connectivity index (χ0) is 23.9. The molecule has 0 aromatic heterocycles. The molecule has 0 aliphatic rings. The highest BCUT2D eigenvalue weighted by Crippen LogP contribution is 2.51. The summed E-state index contributed by atoms with van der Waals surface area (Å²) in [6, 6.07) is 27.8. The number of carboxylic acids is 1. The molecule has 3 rings (SSSR count). The number of benzene rings is 3. The molecule has 3 aromatic carbocycles. The smallest absolute Gasteiger partial charge is 0.328 e. The Morgan fingerprint density at radius 3 is 1.55 bits per heavy atom. The van der Waals surface area contributed by atoms with Crippen LogP contribution in [0.25, 0.3) is 0 Å². The summed E-state index contributed by atoms with van der Waals surface area (Å²) in [6.07, 6.45) is 0. The minimum Gasteiger partial charge on any atom is -0.480 e. The molecule has 5 nitrogen and oxygen atoms in total. The van der Waals surface area contributed by atoms with E-state index < -0.39 is 22.4 Å². The normalized spacial score (nSPS) is 12.6. The predicted octanol–water partition coefficient (Wildman–Crippen LogP) is 5.20. The van der Waals surface area contributed by atoms with E-state index in [1.54, 1.807) is 20.8 Å². The molecule has 0 unspecified atom stereocenters. The van der Waals surface area contributed by atoms with Crippen molar-refractivity contribution in [2.45, 2.75) is 37.2 Å². The monoisotopic (exact) mass is 461 g/mol. The van der Waals surface area contributed by atoms with Crippen molar-refractivity contribution in [3.63, 3.8) is 0 Å². The van der Waals surface area contributed by atoms with Crippen LogP contribution in [0, 0.1) is 0 Å². The first kappa shape index (κ1) is 24.5. The van der Waals surface area contributed by atoms with E-state index in [-0.39, 0.29) is 4.91 Å². The van der Waals surface area contributed by atoms with Gasteiger partial charge in [0.15, 0.2) is 6.04 Å². The molecule has 1 atom stereocenters. The van der Waals surface area contributed by atoms with E-state index in [2.05, 4.69) is 5.48 Å². The maximum atomic E-state index is 12.2. The Morgan fingerprint density at radius 2 is 1.24 bits per heavy atom. The van der Waals surface area contributed by atoms with Crippen molar-refractivity contribution >= 4 is 23.7 Å². The molecular formula is C27H27NO4S. The van der Waals surface area contributed by atoms with Gasteiger partial charge in [-0.1, -0.05) is 103 Å². The number of thioether (sulfide) groups is 1. The standard InChI is InChI=1S/C27H27NO4S/c1-26(2,3)32-28-24(25(30)31)23(19-29)33-27(20-13-7-4-8-14-20,21-15-9-5-10-16-21)22-17-11-6-12-18-22/h4-18,24,28H,1-3H3,(H,30,31)/t24-/m0/s1. The SMILES string of the molecule is CC(C)(C)ON[C@H](C(=O)O)C(=C=O)SC(c1ccccc1)(c1ccccc1)c1ccccc1. The summed E-state index contributed by atoms with van der Waals surface area (Å²) in [5.74, 6) is 0.662. The van der Waals surface area contributed by atoms with E-state index in [4.69, 9.17) is 4.84 Å². The average Bonchev–Trinajstić information content (AvgIpc) is 2.82. The minimum absolute atomic E-state index is 0.0247. The fourth-order valence-corrected chi connectivity index (χ4v) is 4.85. The van der Waals surface area contributed by atoms with Gasteiger partial charge in [0, 0.05) is 0 Å². The summed E-state index contributed by atoms with van der Waals surface area (Å²) in [6.45, 7) is 5.37. The summed E-state index contributed by atoms with van der Waals surface area (Å²) in [5, 5.41) is 9.92. The van der Waals surface area contributed by atoms with Gasteiger partial charge in [-0.3, -0.25) is 9.63 Å². The largest absolute Gasteiger partial charge is 0.480 e. The third kappa shape index (κ3) is 5.81. The summed E-state index contributed by atoms with van der Waals surface area (Å²) >= 11 is 1.15. The molecule has 0 saturated carbocycles. The van der Waals surface area contributed by atoms with Gasteiger partial charge < -0.3 is 5.11 Å². The molecule has 0 heterocycles. The lowest BCUT2D eigenvalue weighted by Gasteiger charge is -2.36. The zero-order valence-corrected chi connectivity index (χ0v) is 19.6. The topological polar surface area (TPSA) is 75.6 Å². The highest BCUT2D eigenvalue weighted by atomic mass is 32.2. The predicted molar refractivity (Wildman–Crippen MR) is 131 cm³/mol. The van der Waals surface area contributed by atoms with E-state index in [1.807, 2.05) is 96.9 Å². The van der Waals surface area contributed by atoms with Crippen LogP contribution in [-0.4, -0.2) is 28.7 Å². The lowest BCUT2D eigenvalue weighted by molar-refractivity contribution is -0.147. The maximum Gasteiger partial charge on any atom is 0.328 e. The quantitative estimate of drug-likeness (QED) is 0.259. The van der Waals surface area contributed by atoms with Gasteiger partial charge in [-0.2, -0.15) is 5.48 Å². The van der Waals surface area contributed by atoms with E-state index in [0.29, 0.717) is 0 Å². The third-order valence-corrected chi connectivity index (χ3v) is 6.45. The number of rotatable bonds is 9. The summed E-state index contributed by atoms with van der Waals surface area (Å²) in [4.78, 5) is 29.9. The van der Waals surface area contributed by atoms with Crippen LogP contribution in [0.15, 0.2) is 95.9 Å². The van der Waals surface area contributed by atoms with Gasteiger partial charge in [0.1, 0.15) is 10.8 Å². The second-order valence-corrected chi connectivity index (χ2v) is 9.71. The van der Waals surface area contributed by atoms with Crippen molar-refractivity contribution in [3.8, 4) is 0 Å². The molecule has 0 fully saturated rings. The molecule has 0 saturated heterocycles. The first-order valence-corrected chi connectivity index (χ1v) is 11.4. The Kier molecular flexibility index (Phi) is 7.90.